The Morgan fingerprint density at radius 1 is 1.27 bits per heavy atom. The largest absolute Gasteiger partial charge is 0.377 e. The standard InChI is InChI=1S/C22H24N4O3S/c1-14-13-29-11-10-26(14)21-12-19(20-7-6-15(2)30(20,27)28)24-22(25-21)17-8-9-23-18-5-3-4-16(17)18/h3-4,6,8-9,12,14,20H,5,7,10-11,13H2,1-2H3/t14-,20-/m1/s1. The van der Waals surface area contributed by atoms with Crippen molar-refractivity contribution in [3.05, 3.63) is 52.3 Å². The van der Waals surface area contributed by atoms with E-state index in [1.807, 2.05) is 18.2 Å². The molecule has 2 aliphatic heterocycles. The molecule has 7 nitrogen and oxygen atoms in total. The van der Waals surface area contributed by atoms with Gasteiger partial charge >= 0.3 is 0 Å². The number of morpholine rings is 1. The van der Waals surface area contributed by atoms with Gasteiger partial charge in [-0.1, -0.05) is 18.2 Å². The number of hydrogen-bond acceptors (Lipinski definition) is 7. The molecule has 0 radical (unpaired) electrons. The summed E-state index contributed by atoms with van der Waals surface area (Å²) >= 11 is 0. The molecule has 8 heteroatoms. The van der Waals surface area contributed by atoms with Gasteiger partial charge in [0, 0.05) is 41.3 Å². The Kier molecular flexibility index (Phi) is 4.71. The van der Waals surface area contributed by atoms with Crippen molar-refractivity contribution in [3.8, 4) is 11.4 Å². The van der Waals surface area contributed by atoms with Gasteiger partial charge in [-0.05, 0) is 26.3 Å². The summed E-state index contributed by atoms with van der Waals surface area (Å²) in [7, 11) is -3.39. The average molecular weight is 425 g/mol. The Bertz CT molecular complexity index is 1170. The number of hydrogen-bond donors (Lipinski definition) is 0. The molecule has 0 amide bonds. The van der Waals surface area contributed by atoms with Crippen LogP contribution in [-0.4, -0.2) is 49.2 Å². The van der Waals surface area contributed by atoms with Crippen molar-refractivity contribution in [2.24, 2.45) is 0 Å². The maximum Gasteiger partial charge on any atom is 0.182 e. The number of rotatable bonds is 3. The van der Waals surface area contributed by atoms with Gasteiger partial charge in [-0.15, -0.1) is 0 Å². The molecule has 3 aliphatic rings. The van der Waals surface area contributed by atoms with Gasteiger partial charge < -0.3 is 9.64 Å². The Labute approximate surface area is 176 Å². The highest BCUT2D eigenvalue weighted by molar-refractivity contribution is 7.95. The Morgan fingerprint density at radius 3 is 2.90 bits per heavy atom. The maximum absolute atomic E-state index is 12.9. The molecule has 0 aromatic carbocycles. The lowest BCUT2D eigenvalue weighted by Crippen LogP contribution is -2.44. The number of allylic oxidation sites excluding steroid dienone is 3. The van der Waals surface area contributed by atoms with Gasteiger partial charge in [-0.2, -0.15) is 0 Å². The van der Waals surface area contributed by atoms with E-state index in [2.05, 4.69) is 22.9 Å². The summed E-state index contributed by atoms with van der Waals surface area (Å²) in [5.74, 6) is 1.30. The highest BCUT2D eigenvalue weighted by Crippen LogP contribution is 2.39. The van der Waals surface area contributed by atoms with Crippen LogP contribution in [0.15, 0.2) is 35.4 Å². The van der Waals surface area contributed by atoms with Crippen LogP contribution in [0.3, 0.4) is 0 Å². The molecule has 0 unspecified atom stereocenters. The topological polar surface area (TPSA) is 85.3 Å². The minimum atomic E-state index is -3.39. The molecule has 2 aromatic heterocycles. The number of aromatic nitrogens is 3. The zero-order chi connectivity index (χ0) is 20.9. The van der Waals surface area contributed by atoms with Crippen molar-refractivity contribution in [3.63, 3.8) is 0 Å². The van der Waals surface area contributed by atoms with Gasteiger partial charge in [0.05, 0.1) is 30.6 Å². The van der Waals surface area contributed by atoms with E-state index in [-0.39, 0.29) is 6.04 Å². The molecule has 156 valence electrons. The third-order valence-corrected chi connectivity index (χ3v) is 8.32. The van der Waals surface area contributed by atoms with E-state index in [1.165, 1.54) is 0 Å². The fourth-order valence-corrected chi connectivity index (χ4v) is 5.89. The van der Waals surface area contributed by atoms with E-state index < -0.39 is 15.1 Å². The van der Waals surface area contributed by atoms with E-state index in [0.717, 1.165) is 29.1 Å². The zero-order valence-corrected chi connectivity index (χ0v) is 17.9. The first kappa shape index (κ1) is 19.4. The summed E-state index contributed by atoms with van der Waals surface area (Å²) in [6.45, 7) is 5.69. The number of ether oxygens (including phenoxy) is 1. The first-order valence-corrected chi connectivity index (χ1v) is 11.8. The Hall–Kier alpha value is -2.58. The molecule has 4 heterocycles. The molecule has 0 bridgehead atoms. The molecule has 0 spiro atoms. The lowest BCUT2D eigenvalue weighted by atomic mass is 10.1. The van der Waals surface area contributed by atoms with Crippen molar-refractivity contribution in [2.75, 3.05) is 24.7 Å². The van der Waals surface area contributed by atoms with Crippen LogP contribution < -0.4 is 4.90 Å². The van der Waals surface area contributed by atoms with Crippen LogP contribution in [0.1, 0.15) is 42.5 Å². The van der Waals surface area contributed by atoms with Crippen LogP contribution in [0.5, 0.6) is 0 Å². The zero-order valence-electron chi connectivity index (χ0n) is 17.1. The van der Waals surface area contributed by atoms with Crippen LogP contribution >= 0.6 is 0 Å². The van der Waals surface area contributed by atoms with Crippen molar-refractivity contribution < 1.29 is 13.2 Å². The number of sulfone groups is 1. The van der Waals surface area contributed by atoms with Gasteiger partial charge in [0.2, 0.25) is 0 Å². The average Bonchev–Trinajstić information content (AvgIpc) is 3.32. The van der Waals surface area contributed by atoms with Crippen molar-refractivity contribution in [1.29, 1.82) is 0 Å². The van der Waals surface area contributed by atoms with E-state index >= 15 is 0 Å². The highest BCUT2D eigenvalue weighted by Gasteiger charge is 2.35. The van der Waals surface area contributed by atoms with Crippen molar-refractivity contribution in [1.82, 2.24) is 15.0 Å². The number of anilines is 1. The van der Waals surface area contributed by atoms with Crippen LogP contribution in [0.2, 0.25) is 0 Å². The monoisotopic (exact) mass is 424 g/mol. The Balaban J connectivity index is 1.67. The maximum atomic E-state index is 12.9. The van der Waals surface area contributed by atoms with Gasteiger partial charge in [-0.3, -0.25) is 4.98 Å². The van der Waals surface area contributed by atoms with Crippen LogP contribution in [0.25, 0.3) is 17.5 Å². The smallest absolute Gasteiger partial charge is 0.182 e. The van der Waals surface area contributed by atoms with Gasteiger partial charge in [0.15, 0.2) is 15.7 Å². The third-order valence-electron chi connectivity index (χ3n) is 6.08. The van der Waals surface area contributed by atoms with Crippen LogP contribution in [0, 0.1) is 0 Å². The van der Waals surface area contributed by atoms with Crippen LogP contribution in [-0.2, 0) is 21.0 Å². The molecular formula is C22H24N4O3S. The predicted molar refractivity (Wildman–Crippen MR) is 116 cm³/mol. The summed E-state index contributed by atoms with van der Waals surface area (Å²) in [5, 5.41) is -0.667. The predicted octanol–water partition coefficient (Wildman–Crippen LogP) is 3.10. The molecule has 2 atom stereocenters. The minimum Gasteiger partial charge on any atom is -0.377 e. The molecule has 1 saturated heterocycles. The van der Waals surface area contributed by atoms with Crippen molar-refractivity contribution >= 4 is 21.7 Å². The lowest BCUT2D eigenvalue weighted by molar-refractivity contribution is 0.0985. The van der Waals surface area contributed by atoms with E-state index in [0.29, 0.717) is 42.6 Å². The summed E-state index contributed by atoms with van der Waals surface area (Å²) < 4.78 is 31.4. The first-order valence-electron chi connectivity index (χ1n) is 10.2. The molecule has 1 aliphatic carbocycles. The van der Waals surface area contributed by atoms with E-state index in [9.17, 15) is 8.42 Å². The van der Waals surface area contributed by atoms with Crippen LogP contribution in [0.4, 0.5) is 5.82 Å². The van der Waals surface area contributed by atoms with E-state index in [4.69, 9.17) is 14.7 Å². The molecule has 0 saturated carbocycles. The molecule has 0 N–H and O–H groups in total. The number of pyridine rings is 1. The number of fused-ring (bicyclic) bond motifs is 1. The SMILES string of the molecule is CC1=CC[C@H](c2cc(N3CCOC[C@H]3C)nc(-c3ccnc4c3C=CC4)n2)S1(=O)=O. The summed E-state index contributed by atoms with van der Waals surface area (Å²) in [4.78, 5) is 16.7. The minimum absolute atomic E-state index is 0.150. The lowest BCUT2D eigenvalue weighted by Gasteiger charge is -2.34. The fourth-order valence-electron chi connectivity index (χ4n) is 4.32. The molecule has 2 aromatic rings. The third kappa shape index (κ3) is 3.15. The molecule has 30 heavy (non-hydrogen) atoms. The normalized spacial score (nSPS) is 24.7. The second-order valence-corrected chi connectivity index (χ2v) is 10.3. The summed E-state index contributed by atoms with van der Waals surface area (Å²) in [5.41, 5.74) is 3.44. The number of nitrogens with zero attached hydrogens (tertiary/aromatic N) is 4. The first-order chi connectivity index (χ1) is 14.4. The van der Waals surface area contributed by atoms with Crippen molar-refractivity contribution in [2.45, 2.75) is 38.0 Å². The second-order valence-electron chi connectivity index (χ2n) is 8.00. The Morgan fingerprint density at radius 2 is 2.13 bits per heavy atom. The molecule has 5 rings (SSSR count). The summed E-state index contributed by atoms with van der Waals surface area (Å²) in [6.07, 6.45) is 8.90. The quantitative estimate of drug-likeness (QED) is 0.748. The second kappa shape index (κ2) is 7.28. The highest BCUT2D eigenvalue weighted by atomic mass is 32.2. The summed E-state index contributed by atoms with van der Waals surface area (Å²) in [6, 6.07) is 3.90. The van der Waals surface area contributed by atoms with Gasteiger partial charge in [-0.25, -0.2) is 18.4 Å². The molecular weight excluding hydrogens is 400 g/mol. The van der Waals surface area contributed by atoms with Gasteiger partial charge in [0.25, 0.3) is 0 Å². The van der Waals surface area contributed by atoms with E-state index in [1.54, 1.807) is 19.2 Å². The molecule has 1 fully saturated rings. The fraction of sp³-hybridized carbons (Fsp3) is 0.409. The van der Waals surface area contributed by atoms with Gasteiger partial charge in [0.1, 0.15) is 11.1 Å².